The minimum Gasteiger partial charge on any atom is -0.478 e. The van der Waals surface area contributed by atoms with Gasteiger partial charge in [-0.25, -0.2) is 9.59 Å². The Morgan fingerprint density at radius 1 is 1.17 bits per heavy atom. The molecule has 0 spiro atoms. The number of carboxylic acid groups (broad SMARTS) is 1. The van der Waals surface area contributed by atoms with Crippen molar-refractivity contribution in [2.24, 2.45) is 0 Å². The molecule has 0 radical (unpaired) electrons. The number of rotatable bonds is 2. The normalized spacial score (nSPS) is 15.5. The van der Waals surface area contributed by atoms with Gasteiger partial charge < -0.3 is 19.6 Å². The van der Waals surface area contributed by atoms with E-state index < -0.39 is 11.6 Å². The third-order valence-corrected chi connectivity index (χ3v) is 3.81. The van der Waals surface area contributed by atoms with Gasteiger partial charge in [-0.2, -0.15) is 0 Å². The van der Waals surface area contributed by atoms with Crippen molar-refractivity contribution in [3.05, 3.63) is 28.8 Å². The Balaban J connectivity index is 2.01. The zero-order chi connectivity index (χ0) is 17.2. The molecule has 1 N–H and O–H groups in total. The van der Waals surface area contributed by atoms with Gasteiger partial charge in [0.1, 0.15) is 5.60 Å². The van der Waals surface area contributed by atoms with E-state index in [1.54, 1.807) is 23.1 Å². The number of nitrogens with zero attached hydrogens (tertiary/aromatic N) is 2. The highest BCUT2D eigenvalue weighted by atomic mass is 35.5. The molecule has 1 fully saturated rings. The van der Waals surface area contributed by atoms with Gasteiger partial charge in [0.25, 0.3) is 0 Å². The molecule has 1 aliphatic heterocycles. The molecule has 126 valence electrons. The highest BCUT2D eigenvalue weighted by Crippen LogP contribution is 2.24. The largest absolute Gasteiger partial charge is 0.478 e. The first-order valence-electron chi connectivity index (χ1n) is 7.43. The monoisotopic (exact) mass is 340 g/mol. The third kappa shape index (κ3) is 4.51. The molecule has 7 heteroatoms. The fourth-order valence-electron chi connectivity index (χ4n) is 2.35. The number of carboxylic acids is 1. The predicted octanol–water partition coefficient (Wildman–Crippen LogP) is 3.10. The van der Waals surface area contributed by atoms with Crippen molar-refractivity contribution in [3.63, 3.8) is 0 Å². The van der Waals surface area contributed by atoms with Crippen LogP contribution in [-0.2, 0) is 4.74 Å². The molecule has 1 heterocycles. The molecular formula is C16H21ClN2O4. The lowest BCUT2D eigenvalue weighted by Gasteiger charge is -2.36. The molecule has 0 aliphatic carbocycles. The number of halogens is 1. The van der Waals surface area contributed by atoms with Gasteiger partial charge in [-0.15, -0.1) is 0 Å². The van der Waals surface area contributed by atoms with E-state index in [1.807, 2.05) is 25.7 Å². The fraction of sp³-hybridized carbons (Fsp3) is 0.500. The van der Waals surface area contributed by atoms with Crippen molar-refractivity contribution in [2.45, 2.75) is 26.4 Å². The maximum absolute atomic E-state index is 12.0. The lowest BCUT2D eigenvalue weighted by Crippen LogP contribution is -2.50. The lowest BCUT2D eigenvalue weighted by atomic mass is 10.1. The summed E-state index contributed by atoms with van der Waals surface area (Å²) in [5, 5.41) is 9.36. The van der Waals surface area contributed by atoms with Gasteiger partial charge in [-0.3, -0.25) is 0 Å². The predicted molar refractivity (Wildman–Crippen MR) is 88.4 cm³/mol. The van der Waals surface area contributed by atoms with Gasteiger partial charge in [0.2, 0.25) is 0 Å². The summed E-state index contributed by atoms with van der Waals surface area (Å²) in [6.45, 7) is 7.78. The van der Waals surface area contributed by atoms with Gasteiger partial charge >= 0.3 is 12.1 Å². The van der Waals surface area contributed by atoms with E-state index in [2.05, 4.69) is 0 Å². The number of ether oxygens (including phenoxy) is 1. The summed E-state index contributed by atoms with van der Waals surface area (Å²) in [4.78, 5) is 26.9. The van der Waals surface area contributed by atoms with Crippen LogP contribution in [-0.4, -0.2) is 53.8 Å². The summed E-state index contributed by atoms with van der Waals surface area (Å²) < 4.78 is 5.36. The van der Waals surface area contributed by atoms with Gasteiger partial charge in [0.05, 0.1) is 10.6 Å². The third-order valence-electron chi connectivity index (χ3n) is 3.48. The number of hydrogen-bond acceptors (Lipinski definition) is 4. The van der Waals surface area contributed by atoms with Crippen LogP contribution >= 0.6 is 11.6 Å². The SMILES string of the molecule is CC(C)(C)OC(=O)N1CCN(c2ccc(Cl)c(C(=O)O)c2)CC1. The number of piperazine rings is 1. The maximum Gasteiger partial charge on any atom is 0.410 e. The minimum atomic E-state index is -1.05. The van der Waals surface area contributed by atoms with Crippen LogP contribution in [0.5, 0.6) is 0 Å². The van der Waals surface area contributed by atoms with Crippen molar-refractivity contribution < 1.29 is 19.4 Å². The minimum absolute atomic E-state index is 0.0822. The number of hydrogen-bond donors (Lipinski definition) is 1. The summed E-state index contributed by atoms with van der Waals surface area (Å²) in [6, 6.07) is 4.94. The van der Waals surface area contributed by atoms with Gasteiger partial charge in [-0.05, 0) is 39.0 Å². The number of carbonyl (C=O) groups excluding carboxylic acids is 1. The number of amides is 1. The molecule has 0 aromatic heterocycles. The van der Waals surface area contributed by atoms with E-state index >= 15 is 0 Å². The second kappa shape index (κ2) is 6.66. The van der Waals surface area contributed by atoms with Crippen LogP contribution in [0.2, 0.25) is 5.02 Å². The average molecular weight is 341 g/mol. The molecule has 1 saturated heterocycles. The molecule has 6 nitrogen and oxygen atoms in total. The molecule has 1 aliphatic rings. The first kappa shape index (κ1) is 17.4. The Morgan fingerprint density at radius 3 is 2.30 bits per heavy atom. The maximum atomic E-state index is 12.0. The van der Waals surface area contributed by atoms with Crippen molar-refractivity contribution in [1.29, 1.82) is 0 Å². The molecule has 0 bridgehead atoms. The van der Waals surface area contributed by atoms with E-state index in [4.69, 9.17) is 21.4 Å². The molecule has 2 rings (SSSR count). The van der Waals surface area contributed by atoms with Gasteiger partial charge in [0.15, 0.2) is 0 Å². The van der Waals surface area contributed by atoms with Gasteiger partial charge in [0, 0.05) is 31.9 Å². The number of anilines is 1. The van der Waals surface area contributed by atoms with Crippen molar-refractivity contribution >= 4 is 29.4 Å². The van der Waals surface area contributed by atoms with Gasteiger partial charge in [-0.1, -0.05) is 11.6 Å². The Kier molecular flexibility index (Phi) is 5.04. The van der Waals surface area contributed by atoms with Crippen LogP contribution in [0.3, 0.4) is 0 Å². The lowest BCUT2D eigenvalue weighted by molar-refractivity contribution is 0.0240. The highest BCUT2D eigenvalue weighted by molar-refractivity contribution is 6.33. The molecule has 0 unspecified atom stereocenters. The van der Waals surface area contributed by atoms with Crippen molar-refractivity contribution in [3.8, 4) is 0 Å². The van der Waals surface area contributed by atoms with Crippen LogP contribution in [0.25, 0.3) is 0 Å². The second-order valence-electron chi connectivity index (χ2n) is 6.42. The van der Waals surface area contributed by atoms with Crippen molar-refractivity contribution in [2.75, 3.05) is 31.1 Å². The van der Waals surface area contributed by atoms with E-state index in [9.17, 15) is 9.59 Å². The first-order chi connectivity index (χ1) is 10.7. The molecular weight excluding hydrogens is 320 g/mol. The number of benzene rings is 1. The Morgan fingerprint density at radius 2 is 1.78 bits per heavy atom. The summed E-state index contributed by atoms with van der Waals surface area (Å²) in [5.74, 6) is -1.05. The smallest absolute Gasteiger partial charge is 0.410 e. The Hall–Kier alpha value is -1.95. The first-order valence-corrected chi connectivity index (χ1v) is 7.81. The number of aromatic carboxylic acids is 1. The molecule has 0 atom stereocenters. The summed E-state index contributed by atoms with van der Waals surface area (Å²) in [6.07, 6.45) is -0.320. The van der Waals surface area contributed by atoms with E-state index in [-0.39, 0.29) is 16.7 Å². The van der Waals surface area contributed by atoms with Crippen LogP contribution in [0.1, 0.15) is 31.1 Å². The van der Waals surface area contributed by atoms with Crippen LogP contribution in [0.4, 0.5) is 10.5 Å². The molecule has 1 aromatic carbocycles. The van der Waals surface area contributed by atoms with Crippen molar-refractivity contribution in [1.82, 2.24) is 4.90 Å². The van der Waals surface area contributed by atoms with Crippen LogP contribution in [0.15, 0.2) is 18.2 Å². The second-order valence-corrected chi connectivity index (χ2v) is 6.83. The Bertz CT molecular complexity index is 605. The summed E-state index contributed by atoms with van der Waals surface area (Å²) in [5.41, 5.74) is 0.357. The topological polar surface area (TPSA) is 70.1 Å². The summed E-state index contributed by atoms with van der Waals surface area (Å²) >= 11 is 5.89. The Labute approximate surface area is 140 Å². The van der Waals surface area contributed by atoms with E-state index in [0.29, 0.717) is 26.2 Å². The van der Waals surface area contributed by atoms with Crippen LogP contribution in [0, 0.1) is 0 Å². The summed E-state index contributed by atoms with van der Waals surface area (Å²) in [7, 11) is 0. The zero-order valence-electron chi connectivity index (χ0n) is 13.5. The van der Waals surface area contributed by atoms with Crippen LogP contribution < -0.4 is 4.90 Å². The van der Waals surface area contributed by atoms with E-state index in [1.165, 1.54) is 0 Å². The number of carbonyl (C=O) groups is 2. The molecule has 1 amide bonds. The fourth-order valence-corrected chi connectivity index (χ4v) is 2.55. The average Bonchev–Trinajstić information content (AvgIpc) is 2.46. The molecule has 0 saturated carbocycles. The molecule has 23 heavy (non-hydrogen) atoms. The standard InChI is InChI=1S/C16H21ClN2O4/c1-16(2,3)23-15(22)19-8-6-18(7-9-19)11-4-5-13(17)12(10-11)14(20)21/h4-5,10H,6-9H2,1-3H3,(H,20,21). The van der Waals surface area contributed by atoms with E-state index in [0.717, 1.165) is 5.69 Å². The zero-order valence-corrected chi connectivity index (χ0v) is 14.3. The molecule has 1 aromatic rings. The quantitative estimate of drug-likeness (QED) is 0.895. The highest BCUT2D eigenvalue weighted by Gasteiger charge is 2.26.